The van der Waals surface area contributed by atoms with E-state index in [9.17, 15) is 4.79 Å². The van der Waals surface area contributed by atoms with E-state index in [1.54, 1.807) is 24.3 Å². The van der Waals surface area contributed by atoms with Crippen molar-refractivity contribution >= 4 is 17.3 Å². The zero-order chi connectivity index (χ0) is 13.8. The van der Waals surface area contributed by atoms with Crippen molar-refractivity contribution in [1.82, 2.24) is 0 Å². The second-order valence-corrected chi connectivity index (χ2v) is 5.12. The Morgan fingerprint density at radius 3 is 2.84 bits per heavy atom. The van der Waals surface area contributed by atoms with Gasteiger partial charge in [0.25, 0.3) is 0 Å². The number of thiophene rings is 1. The van der Waals surface area contributed by atoms with Gasteiger partial charge in [-0.3, -0.25) is 0 Å². The van der Waals surface area contributed by atoms with Crippen molar-refractivity contribution in [1.29, 1.82) is 5.26 Å². The summed E-state index contributed by atoms with van der Waals surface area (Å²) in [5.41, 5.74) is 1.48. The van der Waals surface area contributed by atoms with Crippen molar-refractivity contribution in [3.05, 3.63) is 51.2 Å². The van der Waals surface area contributed by atoms with Crippen LogP contribution in [0.2, 0.25) is 0 Å². The molecular weight excluding hydrogens is 262 g/mol. The number of nitrogens with zero attached hydrogens (tertiary/aromatic N) is 1. The van der Waals surface area contributed by atoms with Crippen LogP contribution in [0.5, 0.6) is 5.75 Å². The van der Waals surface area contributed by atoms with Gasteiger partial charge in [-0.15, -0.1) is 11.3 Å². The number of nitriles is 1. The van der Waals surface area contributed by atoms with Gasteiger partial charge in [0.2, 0.25) is 0 Å². The van der Waals surface area contributed by atoms with Crippen LogP contribution >= 0.6 is 11.3 Å². The lowest BCUT2D eigenvalue weighted by molar-refractivity contribution is 0.0702. The van der Waals surface area contributed by atoms with Crippen molar-refractivity contribution < 1.29 is 14.6 Å². The summed E-state index contributed by atoms with van der Waals surface area (Å²) in [7, 11) is 0. The predicted molar refractivity (Wildman–Crippen MR) is 71.5 cm³/mol. The molecule has 4 nitrogen and oxygen atoms in total. The zero-order valence-corrected chi connectivity index (χ0v) is 11.0. The van der Waals surface area contributed by atoms with Crippen molar-refractivity contribution in [2.45, 2.75) is 13.5 Å². The van der Waals surface area contributed by atoms with Gasteiger partial charge in [0.1, 0.15) is 17.2 Å². The highest BCUT2D eigenvalue weighted by Gasteiger charge is 2.08. The minimum absolute atomic E-state index is 0.293. The summed E-state index contributed by atoms with van der Waals surface area (Å²) in [6.45, 7) is 2.20. The van der Waals surface area contributed by atoms with Gasteiger partial charge in [0, 0.05) is 4.88 Å². The van der Waals surface area contributed by atoms with Crippen molar-refractivity contribution in [3.8, 4) is 11.8 Å². The van der Waals surface area contributed by atoms with Crippen LogP contribution in [0, 0.1) is 18.3 Å². The van der Waals surface area contributed by atoms with Gasteiger partial charge in [-0.2, -0.15) is 5.26 Å². The summed E-state index contributed by atoms with van der Waals surface area (Å²) in [6.07, 6.45) is 0. The smallest absolute Gasteiger partial charge is 0.345 e. The van der Waals surface area contributed by atoms with E-state index in [0.29, 0.717) is 22.8 Å². The first-order valence-electron chi connectivity index (χ1n) is 5.55. The Balaban J connectivity index is 2.09. The summed E-state index contributed by atoms with van der Waals surface area (Å²) >= 11 is 1.19. The number of hydrogen-bond acceptors (Lipinski definition) is 4. The summed E-state index contributed by atoms with van der Waals surface area (Å²) in [5, 5.41) is 17.7. The number of rotatable bonds is 4. The number of aromatic carboxylic acids is 1. The van der Waals surface area contributed by atoms with E-state index in [4.69, 9.17) is 15.1 Å². The van der Waals surface area contributed by atoms with Crippen LogP contribution in [0.3, 0.4) is 0 Å². The lowest BCUT2D eigenvalue weighted by Gasteiger charge is -2.08. The van der Waals surface area contributed by atoms with E-state index in [0.717, 1.165) is 10.4 Å². The second-order valence-electron chi connectivity index (χ2n) is 3.95. The number of hydrogen-bond donors (Lipinski definition) is 1. The van der Waals surface area contributed by atoms with E-state index in [-0.39, 0.29) is 0 Å². The fourth-order valence-electron chi connectivity index (χ4n) is 1.54. The standard InChI is InChI=1S/C14H11NO3S/c1-9-2-3-10(7-15)6-12(9)18-8-11-4-5-13(19-11)14(16)17/h2-6H,8H2,1H3,(H,16,17). The highest BCUT2D eigenvalue weighted by Crippen LogP contribution is 2.23. The number of carbonyl (C=O) groups is 1. The fraction of sp³-hybridized carbons (Fsp3) is 0.143. The number of aryl methyl sites for hydroxylation is 1. The summed E-state index contributed by atoms with van der Waals surface area (Å²) in [6, 6.07) is 10.6. The van der Waals surface area contributed by atoms with Crippen LogP contribution in [0.1, 0.15) is 25.7 Å². The normalized spacial score (nSPS) is 9.89. The first-order chi connectivity index (χ1) is 9.10. The van der Waals surface area contributed by atoms with Gasteiger partial charge in [0.15, 0.2) is 0 Å². The molecule has 0 saturated heterocycles. The van der Waals surface area contributed by atoms with E-state index >= 15 is 0 Å². The Hall–Kier alpha value is -2.32. The molecule has 2 aromatic rings. The minimum Gasteiger partial charge on any atom is -0.488 e. The SMILES string of the molecule is Cc1ccc(C#N)cc1OCc1ccc(C(=O)O)s1. The number of carboxylic acid groups (broad SMARTS) is 1. The topological polar surface area (TPSA) is 70.3 Å². The molecule has 19 heavy (non-hydrogen) atoms. The van der Waals surface area contributed by atoms with Crippen LogP contribution in [-0.2, 0) is 6.61 Å². The lowest BCUT2D eigenvalue weighted by Crippen LogP contribution is -1.95. The molecule has 0 aliphatic heterocycles. The van der Waals surface area contributed by atoms with E-state index in [1.807, 2.05) is 13.0 Å². The van der Waals surface area contributed by atoms with E-state index in [2.05, 4.69) is 6.07 Å². The van der Waals surface area contributed by atoms with E-state index < -0.39 is 5.97 Å². The van der Waals surface area contributed by atoms with Crippen LogP contribution < -0.4 is 4.74 Å². The second kappa shape index (κ2) is 5.55. The third kappa shape index (κ3) is 3.12. The van der Waals surface area contributed by atoms with Crippen molar-refractivity contribution in [2.24, 2.45) is 0 Å². The van der Waals surface area contributed by atoms with Gasteiger partial charge in [-0.1, -0.05) is 6.07 Å². The molecule has 0 aliphatic rings. The quantitative estimate of drug-likeness (QED) is 0.928. The molecule has 0 aliphatic carbocycles. The first kappa shape index (κ1) is 13.1. The Bertz CT molecular complexity index is 655. The Kier molecular flexibility index (Phi) is 3.83. The molecular formula is C14H11NO3S. The average Bonchev–Trinajstić information content (AvgIpc) is 2.87. The molecule has 0 fully saturated rings. The summed E-state index contributed by atoms with van der Waals surface area (Å²) < 4.78 is 5.62. The Labute approximate surface area is 114 Å². The summed E-state index contributed by atoms with van der Waals surface area (Å²) in [5.74, 6) is -0.289. The molecule has 0 spiro atoms. The third-order valence-corrected chi connectivity index (χ3v) is 3.61. The first-order valence-corrected chi connectivity index (χ1v) is 6.37. The van der Waals surface area contributed by atoms with Crippen LogP contribution in [0.4, 0.5) is 0 Å². The average molecular weight is 273 g/mol. The Morgan fingerprint density at radius 2 is 2.21 bits per heavy atom. The predicted octanol–water partition coefficient (Wildman–Crippen LogP) is 3.21. The maximum Gasteiger partial charge on any atom is 0.345 e. The molecule has 0 amide bonds. The molecule has 0 bridgehead atoms. The molecule has 0 radical (unpaired) electrons. The van der Waals surface area contributed by atoms with Gasteiger partial charge >= 0.3 is 5.97 Å². The van der Waals surface area contributed by atoms with Crippen molar-refractivity contribution in [3.63, 3.8) is 0 Å². The molecule has 1 aromatic carbocycles. The third-order valence-electron chi connectivity index (χ3n) is 2.56. The van der Waals surface area contributed by atoms with Crippen molar-refractivity contribution in [2.75, 3.05) is 0 Å². The molecule has 1 heterocycles. The number of ether oxygens (including phenoxy) is 1. The van der Waals surface area contributed by atoms with Crippen LogP contribution in [-0.4, -0.2) is 11.1 Å². The monoisotopic (exact) mass is 273 g/mol. The molecule has 1 aromatic heterocycles. The van der Waals surface area contributed by atoms with Crippen LogP contribution in [0.15, 0.2) is 30.3 Å². The molecule has 96 valence electrons. The molecule has 5 heteroatoms. The van der Waals surface area contributed by atoms with Gasteiger partial charge in [-0.05, 0) is 36.8 Å². The molecule has 1 N–H and O–H groups in total. The Morgan fingerprint density at radius 1 is 1.42 bits per heavy atom. The van der Waals surface area contributed by atoms with Gasteiger partial charge in [-0.25, -0.2) is 4.79 Å². The number of carboxylic acids is 1. The largest absolute Gasteiger partial charge is 0.488 e. The molecule has 0 unspecified atom stereocenters. The fourth-order valence-corrected chi connectivity index (χ4v) is 2.30. The zero-order valence-electron chi connectivity index (χ0n) is 10.2. The maximum absolute atomic E-state index is 10.8. The maximum atomic E-state index is 10.8. The minimum atomic E-state index is -0.932. The highest BCUT2D eigenvalue weighted by molar-refractivity contribution is 7.13. The lowest BCUT2D eigenvalue weighted by atomic mass is 10.1. The molecule has 2 rings (SSSR count). The molecule has 0 atom stereocenters. The van der Waals surface area contributed by atoms with Gasteiger partial charge < -0.3 is 9.84 Å². The van der Waals surface area contributed by atoms with Gasteiger partial charge in [0.05, 0.1) is 11.6 Å². The van der Waals surface area contributed by atoms with Crippen LogP contribution in [0.25, 0.3) is 0 Å². The van der Waals surface area contributed by atoms with E-state index in [1.165, 1.54) is 11.3 Å². The molecule has 0 saturated carbocycles. The number of benzene rings is 1. The summed E-state index contributed by atoms with van der Waals surface area (Å²) in [4.78, 5) is 11.9. The highest BCUT2D eigenvalue weighted by atomic mass is 32.1.